The van der Waals surface area contributed by atoms with Crippen molar-refractivity contribution >= 4 is 0 Å². The quantitative estimate of drug-likeness (QED) is 0.845. The molecule has 0 bridgehead atoms. The fourth-order valence-electron chi connectivity index (χ4n) is 1.97. The molecular weight excluding hydrogens is 295 g/mol. The molecule has 1 N–H and O–H groups in total. The molecule has 0 heterocycles. The van der Waals surface area contributed by atoms with Crippen molar-refractivity contribution in [3.8, 4) is 11.5 Å². The average molecular weight is 311 g/mol. The van der Waals surface area contributed by atoms with Gasteiger partial charge in [-0.2, -0.15) is 8.78 Å². The molecule has 22 heavy (non-hydrogen) atoms. The molecule has 0 aliphatic heterocycles. The van der Waals surface area contributed by atoms with Gasteiger partial charge in [0.2, 0.25) is 0 Å². The number of alkyl halides is 2. The summed E-state index contributed by atoms with van der Waals surface area (Å²) < 4.78 is 46.9. The molecule has 0 aliphatic rings. The van der Waals surface area contributed by atoms with Crippen LogP contribution in [0.4, 0.5) is 13.2 Å². The van der Waals surface area contributed by atoms with Gasteiger partial charge in [0.25, 0.3) is 0 Å². The largest absolute Gasteiger partial charge is 0.493 e. The SMILES string of the molecule is COc1ccc(CNCc2ccc(F)cc2)cc1OC(F)F. The van der Waals surface area contributed by atoms with Crippen LogP contribution in [0.3, 0.4) is 0 Å². The van der Waals surface area contributed by atoms with Gasteiger partial charge in [0.15, 0.2) is 11.5 Å². The molecule has 0 fully saturated rings. The van der Waals surface area contributed by atoms with Gasteiger partial charge in [0.1, 0.15) is 5.82 Å². The Bertz CT molecular complexity index is 603. The highest BCUT2D eigenvalue weighted by Gasteiger charge is 2.11. The van der Waals surface area contributed by atoms with Crippen molar-refractivity contribution in [2.45, 2.75) is 19.7 Å². The van der Waals surface area contributed by atoms with Crippen LogP contribution < -0.4 is 14.8 Å². The second-order valence-electron chi connectivity index (χ2n) is 4.59. The summed E-state index contributed by atoms with van der Waals surface area (Å²) in [4.78, 5) is 0. The first-order valence-corrected chi connectivity index (χ1v) is 6.65. The second kappa shape index (κ2) is 7.70. The fraction of sp³-hybridized carbons (Fsp3) is 0.250. The summed E-state index contributed by atoms with van der Waals surface area (Å²) >= 11 is 0. The van der Waals surface area contributed by atoms with Crippen LogP contribution in [0.1, 0.15) is 11.1 Å². The summed E-state index contributed by atoms with van der Waals surface area (Å²) in [6, 6.07) is 11.0. The van der Waals surface area contributed by atoms with Gasteiger partial charge in [-0.15, -0.1) is 0 Å². The van der Waals surface area contributed by atoms with E-state index in [1.165, 1.54) is 25.3 Å². The molecule has 0 aliphatic carbocycles. The molecule has 0 saturated heterocycles. The Kier molecular flexibility index (Phi) is 5.66. The van der Waals surface area contributed by atoms with Gasteiger partial charge in [0.05, 0.1) is 7.11 Å². The van der Waals surface area contributed by atoms with Crippen LogP contribution in [0.25, 0.3) is 0 Å². The van der Waals surface area contributed by atoms with Crippen molar-refractivity contribution in [3.63, 3.8) is 0 Å². The first kappa shape index (κ1) is 16.2. The molecule has 0 spiro atoms. The maximum Gasteiger partial charge on any atom is 0.387 e. The summed E-state index contributed by atoms with van der Waals surface area (Å²) in [5.41, 5.74) is 1.71. The van der Waals surface area contributed by atoms with Gasteiger partial charge in [0, 0.05) is 13.1 Å². The lowest BCUT2D eigenvalue weighted by atomic mass is 10.2. The van der Waals surface area contributed by atoms with E-state index in [0.717, 1.165) is 11.1 Å². The molecule has 118 valence electrons. The zero-order chi connectivity index (χ0) is 15.9. The maximum absolute atomic E-state index is 12.8. The van der Waals surface area contributed by atoms with Crippen molar-refractivity contribution in [2.75, 3.05) is 7.11 Å². The molecule has 0 amide bonds. The van der Waals surface area contributed by atoms with E-state index in [1.807, 2.05) is 0 Å². The van der Waals surface area contributed by atoms with Gasteiger partial charge in [-0.1, -0.05) is 18.2 Å². The molecule has 2 rings (SSSR count). The Morgan fingerprint density at radius 1 is 0.955 bits per heavy atom. The van der Waals surface area contributed by atoms with E-state index < -0.39 is 6.61 Å². The molecule has 0 atom stereocenters. The van der Waals surface area contributed by atoms with E-state index in [1.54, 1.807) is 24.3 Å². The molecule has 2 aromatic rings. The monoisotopic (exact) mass is 311 g/mol. The lowest BCUT2D eigenvalue weighted by molar-refractivity contribution is -0.0512. The van der Waals surface area contributed by atoms with Gasteiger partial charge in [-0.3, -0.25) is 0 Å². The number of hydrogen-bond acceptors (Lipinski definition) is 3. The molecule has 0 radical (unpaired) electrons. The summed E-state index contributed by atoms with van der Waals surface area (Å²) in [6.07, 6.45) is 0. The number of methoxy groups -OCH3 is 1. The fourth-order valence-corrected chi connectivity index (χ4v) is 1.97. The van der Waals surface area contributed by atoms with E-state index in [0.29, 0.717) is 13.1 Å². The normalized spacial score (nSPS) is 10.8. The number of benzene rings is 2. The Morgan fingerprint density at radius 2 is 1.59 bits per heavy atom. The summed E-state index contributed by atoms with van der Waals surface area (Å²) in [6.45, 7) is -1.91. The van der Waals surface area contributed by atoms with Crippen LogP contribution in [0, 0.1) is 5.82 Å². The van der Waals surface area contributed by atoms with Crippen LogP contribution in [-0.2, 0) is 13.1 Å². The van der Waals surface area contributed by atoms with Crippen LogP contribution in [0.15, 0.2) is 42.5 Å². The minimum Gasteiger partial charge on any atom is -0.493 e. The number of hydrogen-bond donors (Lipinski definition) is 1. The van der Waals surface area contributed by atoms with Crippen LogP contribution in [0.5, 0.6) is 11.5 Å². The smallest absolute Gasteiger partial charge is 0.387 e. The third-order valence-electron chi connectivity index (χ3n) is 3.02. The van der Waals surface area contributed by atoms with E-state index in [4.69, 9.17) is 4.74 Å². The van der Waals surface area contributed by atoms with Crippen LogP contribution in [0.2, 0.25) is 0 Å². The van der Waals surface area contributed by atoms with Gasteiger partial charge in [-0.25, -0.2) is 4.39 Å². The van der Waals surface area contributed by atoms with Gasteiger partial charge >= 0.3 is 6.61 Å². The Balaban J connectivity index is 1.96. The Morgan fingerprint density at radius 3 is 2.23 bits per heavy atom. The van der Waals surface area contributed by atoms with Crippen molar-refractivity contribution in [2.24, 2.45) is 0 Å². The zero-order valence-electron chi connectivity index (χ0n) is 12.0. The highest BCUT2D eigenvalue weighted by atomic mass is 19.3. The van der Waals surface area contributed by atoms with Crippen molar-refractivity contribution in [3.05, 3.63) is 59.4 Å². The Hall–Kier alpha value is -2.21. The molecule has 3 nitrogen and oxygen atoms in total. The molecule has 0 saturated carbocycles. The average Bonchev–Trinajstić information content (AvgIpc) is 2.49. The third kappa shape index (κ3) is 4.66. The minimum absolute atomic E-state index is 0.00131. The predicted molar refractivity (Wildman–Crippen MR) is 76.6 cm³/mol. The van der Waals surface area contributed by atoms with Crippen molar-refractivity contribution in [1.29, 1.82) is 0 Å². The first-order valence-electron chi connectivity index (χ1n) is 6.65. The second-order valence-corrected chi connectivity index (χ2v) is 4.59. The van der Waals surface area contributed by atoms with Gasteiger partial charge in [-0.05, 0) is 35.4 Å². The third-order valence-corrected chi connectivity index (χ3v) is 3.02. The molecule has 2 aromatic carbocycles. The summed E-state index contributed by atoms with van der Waals surface area (Å²) in [5, 5.41) is 3.15. The lowest BCUT2D eigenvalue weighted by Gasteiger charge is -2.12. The molecule has 0 aromatic heterocycles. The standard InChI is InChI=1S/C16H16F3NO2/c1-21-14-7-4-12(8-15(14)22-16(18)19)10-20-9-11-2-5-13(17)6-3-11/h2-8,16,20H,9-10H2,1H3. The van der Waals surface area contributed by atoms with Crippen LogP contribution in [-0.4, -0.2) is 13.7 Å². The number of halogens is 3. The zero-order valence-corrected chi connectivity index (χ0v) is 12.0. The molecule has 6 heteroatoms. The van der Waals surface area contributed by atoms with Gasteiger partial charge < -0.3 is 14.8 Å². The number of ether oxygens (including phenoxy) is 2. The van der Waals surface area contributed by atoms with Crippen molar-refractivity contribution < 1.29 is 22.6 Å². The summed E-state index contributed by atoms with van der Waals surface area (Å²) in [5.74, 6) is -0.0335. The lowest BCUT2D eigenvalue weighted by Crippen LogP contribution is -2.13. The number of nitrogens with one attached hydrogen (secondary N) is 1. The minimum atomic E-state index is -2.91. The predicted octanol–water partition coefficient (Wildman–Crippen LogP) is 3.73. The summed E-state index contributed by atoms with van der Waals surface area (Å²) in [7, 11) is 1.39. The van der Waals surface area contributed by atoms with Crippen molar-refractivity contribution in [1.82, 2.24) is 5.32 Å². The van der Waals surface area contributed by atoms with E-state index in [-0.39, 0.29) is 17.3 Å². The molecular formula is C16H16F3NO2. The highest BCUT2D eigenvalue weighted by molar-refractivity contribution is 5.43. The topological polar surface area (TPSA) is 30.5 Å². The Labute approximate surface area is 126 Å². The molecule has 0 unspecified atom stereocenters. The van der Waals surface area contributed by atoms with E-state index in [9.17, 15) is 13.2 Å². The van der Waals surface area contributed by atoms with E-state index >= 15 is 0 Å². The first-order chi connectivity index (χ1) is 10.6. The number of rotatable bonds is 7. The van der Waals surface area contributed by atoms with Crippen LogP contribution >= 0.6 is 0 Å². The maximum atomic E-state index is 12.8. The van der Waals surface area contributed by atoms with E-state index in [2.05, 4.69) is 10.1 Å². The highest BCUT2D eigenvalue weighted by Crippen LogP contribution is 2.29.